The van der Waals surface area contributed by atoms with Gasteiger partial charge in [0, 0.05) is 32.0 Å². The van der Waals surface area contributed by atoms with Crippen LogP contribution in [-0.4, -0.2) is 36.3 Å². The maximum absolute atomic E-state index is 12.9. The van der Waals surface area contributed by atoms with Crippen LogP contribution in [0.2, 0.25) is 0 Å². The van der Waals surface area contributed by atoms with Gasteiger partial charge in [-0.25, -0.2) is 4.39 Å². The zero-order valence-corrected chi connectivity index (χ0v) is 16.1. The smallest absolute Gasteiger partial charge is 0.223 e. The molecule has 1 N–H and O–H groups in total. The lowest BCUT2D eigenvalue weighted by atomic mass is 9.95. The molecule has 1 aliphatic heterocycles. The predicted molar refractivity (Wildman–Crippen MR) is 107 cm³/mol. The van der Waals surface area contributed by atoms with Crippen molar-refractivity contribution >= 4 is 11.8 Å². The van der Waals surface area contributed by atoms with E-state index < -0.39 is 0 Å². The third kappa shape index (κ3) is 5.91. The zero-order chi connectivity index (χ0) is 19.8. The normalized spacial score (nSPS) is 14.7. The largest absolute Gasteiger partial charge is 0.356 e. The Hall–Kier alpha value is -2.69. The van der Waals surface area contributed by atoms with Gasteiger partial charge in [0.2, 0.25) is 11.8 Å². The van der Waals surface area contributed by atoms with Gasteiger partial charge in [-0.1, -0.05) is 42.5 Å². The molecule has 0 bridgehead atoms. The maximum atomic E-state index is 12.9. The number of likely N-dealkylation sites (tertiary alicyclic amines) is 1. The molecule has 0 radical (unpaired) electrons. The molecule has 28 heavy (non-hydrogen) atoms. The number of hydrogen-bond donors (Lipinski definition) is 1. The number of aryl methyl sites for hydroxylation is 1. The Morgan fingerprint density at radius 1 is 0.929 bits per heavy atom. The van der Waals surface area contributed by atoms with E-state index in [4.69, 9.17) is 0 Å². The number of carbonyl (C=O) groups is 2. The van der Waals surface area contributed by atoms with Gasteiger partial charge in [-0.15, -0.1) is 0 Å². The number of piperidine rings is 1. The number of benzene rings is 2. The van der Waals surface area contributed by atoms with Crippen LogP contribution < -0.4 is 5.32 Å². The first-order chi connectivity index (χ1) is 13.6. The fourth-order valence-corrected chi connectivity index (χ4v) is 3.57. The molecule has 5 heteroatoms. The Kier molecular flexibility index (Phi) is 7.18. The number of nitrogens with zero attached hydrogens (tertiary/aromatic N) is 1. The summed E-state index contributed by atoms with van der Waals surface area (Å²) in [7, 11) is 0. The molecule has 2 aromatic carbocycles. The van der Waals surface area contributed by atoms with Crippen LogP contribution in [-0.2, 0) is 22.4 Å². The van der Waals surface area contributed by atoms with Crippen LogP contribution in [0.25, 0.3) is 0 Å². The highest BCUT2D eigenvalue weighted by Crippen LogP contribution is 2.18. The second kappa shape index (κ2) is 10.0. The number of rotatable bonds is 7. The topological polar surface area (TPSA) is 49.4 Å². The third-order valence-electron chi connectivity index (χ3n) is 5.31. The van der Waals surface area contributed by atoms with Crippen molar-refractivity contribution in [2.24, 2.45) is 5.92 Å². The number of nitrogens with one attached hydrogen (secondary N) is 1. The van der Waals surface area contributed by atoms with Crippen molar-refractivity contribution in [3.63, 3.8) is 0 Å². The van der Waals surface area contributed by atoms with E-state index in [1.165, 1.54) is 17.7 Å². The van der Waals surface area contributed by atoms with Crippen molar-refractivity contribution in [3.8, 4) is 0 Å². The Bertz CT molecular complexity index is 769. The lowest BCUT2D eigenvalue weighted by Gasteiger charge is -2.31. The van der Waals surface area contributed by atoms with Gasteiger partial charge in [-0.2, -0.15) is 0 Å². The molecule has 0 aliphatic carbocycles. The molecular weight excluding hydrogens is 355 g/mol. The highest BCUT2D eigenvalue weighted by atomic mass is 19.1. The Balaban J connectivity index is 1.35. The van der Waals surface area contributed by atoms with E-state index in [0.29, 0.717) is 45.3 Å². The molecule has 3 rings (SSSR count). The van der Waals surface area contributed by atoms with E-state index in [1.807, 2.05) is 35.2 Å². The van der Waals surface area contributed by atoms with Crippen molar-refractivity contribution in [1.82, 2.24) is 10.2 Å². The van der Waals surface area contributed by atoms with Gasteiger partial charge in [0.1, 0.15) is 5.82 Å². The minimum atomic E-state index is -0.252. The molecule has 0 spiro atoms. The molecule has 4 nitrogen and oxygen atoms in total. The summed E-state index contributed by atoms with van der Waals surface area (Å²) >= 11 is 0. The van der Waals surface area contributed by atoms with Gasteiger partial charge in [0.25, 0.3) is 0 Å². The minimum Gasteiger partial charge on any atom is -0.356 e. The van der Waals surface area contributed by atoms with Crippen LogP contribution in [0.4, 0.5) is 4.39 Å². The van der Waals surface area contributed by atoms with E-state index >= 15 is 0 Å². The van der Waals surface area contributed by atoms with E-state index in [-0.39, 0.29) is 23.5 Å². The Morgan fingerprint density at radius 3 is 2.25 bits per heavy atom. The summed E-state index contributed by atoms with van der Waals surface area (Å²) in [5.41, 5.74) is 2.17. The van der Waals surface area contributed by atoms with Crippen molar-refractivity contribution in [3.05, 3.63) is 71.5 Å². The molecule has 2 amide bonds. The van der Waals surface area contributed by atoms with Crippen LogP contribution in [0.15, 0.2) is 54.6 Å². The molecule has 0 atom stereocenters. The highest BCUT2D eigenvalue weighted by molar-refractivity contribution is 5.80. The van der Waals surface area contributed by atoms with E-state index in [1.54, 1.807) is 12.1 Å². The van der Waals surface area contributed by atoms with Crippen molar-refractivity contribution in [1.29, 1.82) is 0 Å². The molecule has 1 saturated heterocycles. The molecule has 0 aromatic heterocycles. The minimum absolute atomic E-state index is 0.0357. The monoisotopic (exact) mass is 382 g/mol. The number of halogens is 1. The summed E-state index contributed by atoms with van der Waals surface area (Å²) in [5.74, 6) is -0.0678. The number of amides is 2. The summed E-state index contributed by atoms with van der Waals surface area (Å²) in [5, 5.41) is 2.97. The first-order valence-corrected chi connectivity index (χ1v) is 9.95. The standard InChI is InChI=1S/C23H27FN2O2/c24-21-9-6-19(7-10-21)12-15-25-23(28)20-13-16-26(17-14-20)22(27)11-8-18-4-2-1-3-5-18/h1-7,9-10,20H,8,11-17H2,(H,25,28). The zero-order valence-electron chi connectivity index (χ0n) is 16.1. The molecular formula is C23H27FN2O2. The van der Waals surface area contributed by atoms with Crippen molar-refractivity contribution < 1.29 is 14.0 Å². The van der Waals surface area contributed by atoms with Gasteiger partial charge in [-0.05, 0) is 48.9 Å². The van der Waals surface area contributed by atoms with Crippen molar-refractivity contribution in [2.45, 2.75) is 32.1 Å². The van der Waals surface area contributed by atoms with Gasteiger partial charge < -0.3 is 10.2 Å². The molecule has 1 aliphatic rings. The summed E-state index contributed by atoms with van der Waals surface area (Å²) < 4.78 is 12.9. The summed E-state index contributed by atoms with van der Waals surface area (Å²) in [4.78, 5) is 26.6. The second-order valence-corrected chi connectivity index (χ2v) is 7.31. The second-order valence-electron chi connectivity index (χ2n) is 7.31. The first-order valence-electron chi connectivity index (χ1n) is 9.95. The molecule has 0 unspecified atom stereocenters. The average molecular weight is 382 g/mol. The predicted octanol–water partition coefficient (Wildman–Crippen LogP) is 3.36. The van der Waals surface area contributed by atoms with Gasteiger partial charge in [0.05, 0.1) is 0 Å². The summed E-state index contributed by atoms with van der Waals surface area (Å²) in [6.45, 7) is 1.83. The summed E-state index contributed by atoms with van der Waals surface area (Å²) in [6, 6.07) is 16.4. The number of carbonyl (C=O) groups excluding carboxylic acids is 2. The van der Waals surface area contributed by atoms with Crippen LogP contribution in [0.1, 0.15) is 30.4 Å². The van der Waals surface area contributed by atoms with E-state index in [0.717, 1.165) is 12.0 Å². The van der Waals surface area contributed by atoms with Crippen LogP contribution in [0, 0.1) is 11.7 Å². The molecule has 2 aromatic rings. The van der Waals surface area contributed by atoms with Crippen molar-refractivity contribution in [2.75, 3.05) is 19.6 Å². The molecule has 0 saturated carbocycles. The lowest BCUT2D eigenvalue weighted by molar-refractivity contribution is -0.135. The fraction of sp³-hybridized carbons (Fsp3) is 0.391. The average Bonchev–Trinajstić information content (AvgIpc) is 2.74. The fourth-order valence-electron chi connectivity index (χ4n) is 3.57. The van der Waals surface area contributed by atoms with E-state index in [2.05, 4.69) is 5.32 Å². The van der Waals surface area contributed by atoms with Gasteiger partial charge >= 0.3 is 0 Å². The molecule has 1 heterocycles. The Morgan fingerprint density at radius 2 is 1.57 bits per heavy atom. The SMILES string of the molecule is O=C(NCCc1ccc(F)cc1)C1CCN(C(=O)CCc2ccccc2)CC1. The van der Waals surface area contributed by atoms with Crippen LogP contribution in [0.5, 0.6) is 0 Å². The number of hydrogen-bond acceptors (Lipinski definition) is 2. The molecule has 148 valence electrons. The highest BCUT2D eigenvalue weighted by Gasteiger charge is 2.26. The quantitative estimate of drug-likeness (QED) is 0.798. The maximum Gasteiger partial charge on any atom is 0.223 e. The van der Waals surface area contributed by atoms with E-state index in [9.17, 15) is 14.0 Å². The van der Waals surface area contributed by atoms with Gasteiger partial charge in [-0.3, -0.25) is 9.59 Å². The first kappa shape index (κ1) is 20.1. The summed E-state index contributed by atoms with van der Waals surface area (Å²) in [6.07, 6.45) is 3.36. The van der Waals surface area contributed by atoms with Crippen LogP contribution >= 0.6 is 0 Å². The lowest BCUT2D eigenvalue weighted by Crippen LogP contribution is -2.43. The third-order valence-corrected chi connectivity index (χ3v) is 5.31. The van der Waals surface area contributed by atoms with Gasteiger partial charge in [0.15, 0.2) is 0 Å². The van der Waals surface area contributed by atoms with Crippen LogP contribution in [0.3, 0.4) is 0 Å². The Labute approximate surface area is 165 Å². The molecule has 1 fully saturated rings.